The number of anilines is 1. The van der Waals surface area contributed by atoms with Crippen LogP contribution in [0.1, 0.15) is 24.2 Å². The lowest BCUT2D eigenvalue weighted by atomic mass is 10.1. The molecule has 0 spiro atoms. The topological polar surface area (TPSA) is 98.5 Å². The molecule has 0 aromatic heterocycles. The lowest BCUT2D eigenvalue weighted by Crippen LogP contribution is -2.43. The van der Waals surface area contributed by atoms with E-state index in [1.165, 1.54) is 19.2 Å². The van der Waals surface area contributed by atoms with Gasteiger partial charge in [-0.05, 0) is 26.0 Å². The Hall–Kier alpha value is -1.76. The normalized spacial score (nSPS) is 12.0. The molecule has 0 saturated carbocycles. The molecule has 112 valence electrons. The molecule has 6 nitrogen and oxygen atoms in total. The summed E-state index contributed by atoms with van der Waals surface area (Å²) in [5.74, 6) is 0.136. The van der Waals surface area contributed by atoms with Gasteiger partial charge in [0.05, 0.1) is 17.4 Å². The number of benzene rings is 1. The third-order valence-electron chi connectivity index (χ3n) is 3.18. The van der Waals surface area contributed by atoms with Crippen molar-refractivity contribution < 1.29 is 17.9 Å². The highest BCUT2D eigenvalue weighted by Crippen LogP contribution is 2.20. The fourth-order valence-electron chi connectivity index (χ4n) is 1.39. The van der Waals surface area contributed by atoms with Gasteiger partial charge in [-0.25, -0.2) is 8.42 Å². The van der Waals surface area contributed by atoms with Gasteiger partial charge in [-0.1, -0.05) is 0 Å². The van der Waals surface area contributed by atoms with E-state index in [9.17, 15) is 13.2 Å². The Kier molecular flexibility index (Phi) is 4.65. The smallest absolute Gasteiger partial charge is 0.253 e. The maximum atomic E-state index is 12.0. The van der Waals surface area contributed by atoms with Gasteiger partial charge in [-0.15, -0.1) is 0 Å². The Bertz CT molecular complexity index is 609. The second-order valence-electron chi connectivity index (χ2n) is 5.17. The molecule has 0 saturated heterocycles. The summed E-state index contributed by atoms with van der Waals surface area (Å²) in [7, 11) is -1.76. The molecule has 0 bridgehead atoms. The number of methoxy groups -OCH3 is 1. The van der Waals surface area contributed by atoms with E-state index >= 15 is 0 Å². The average Bonchev–Trinajstić information content (AvgIpc) is 2.34. The third-order valence-corrected chi connectivity index (χ3v) is 5.33. The number of carbonyl (C=O) groups is 1. The molecule has 0 aliphatic rings. The van der Waals surface area contributed by atoms with E-state index in [1.807, 2.05) is 0 Å². The number of hydrogen-bond acceptors (Lipinski definition) is 5. The van der Waals surface area contributed by atoms with Crippen molar-refractivity contribution in [3.63, 3.8) is 0 Å². The second-order valence-corrected chi connectivity index (χ2v) is 7.82. The Balaban J connectivity index is 2.83. The fraction of sp³-hybridized carbons (Fsp3) is 0.462. The first kappa shape index (κ1) is 16.3. The molecule has 7 heteroatoms. The Morgan fingerprint density at radius 3 is 2.45 bits per heavy atom. The summed E-state index contributed by atoms with van der Waals surface area (Å²) in [5, 5.41) is 2.59. The number of ether oxygens (including phenoxy) is 1. The van der Waals surface area contributed by atoms with Crippen molar-refractivity contribution >= 4 is 21.4 Å². The molecule has 0 aliphatic carbocycles. The minimum Gasteiger partial charge on any atom is -0.497 e. The van der Waals surface area contributed by atoms with E-state index in [4.69, 9.17) is 10.5 Å². The molecule has 0 atom stereocenters. The summed E-state index contributed by atoms with van der Waals surface area (Å²) < 4.78 is 27.1. The van der Waals surface area contributed by atoms with Crippen LogP contribution in [0.25, 0.3) is 0 Å². The molecule has 0 radical (unpaired) electrons. The number of nitrogens with one attached hydrogen (secondary N) is 1. The number of carbonyl (C=O) groups excluding carboxylic acids is 1. The van der Waals surface area contributed by atoms with E-state index in [2.05, 4.69) is 5.32 Å². The first-order chi connectivity index (χ1) is 9.08. The Morgan fingerprint density at radius 1 is 1.40 bits per heavy atom. The number of hydrogen-bond donors (Lipinski definition) is 2. The predicted octanol–water partition coefficient (Wildman–Crippen LogP) is 0.830. The summed E-state index contributed by atoms with van der Waals surface area (Å²) >= 11 is 0. The van der Waals surface area contributed by atoms with Crippen LogP contribution in [0.4, 0.5) is 5.69 Å². The average molecular weight is 300 g/mol. The molecule has 1 aromatic rings. The SMILES string of the molecule is COc1ccc(C(=O)NCC(C)(C)S(C)(=O)=O)c(N)c1. The van der Waals surface area contributed by atoms with Crippen molar-refractivity contribution in [3.05, 3.63) is 23.8 Å². The number of sulfone groups is 1. The largest absolute Gasteiger partial charge is 0.497 e. The quantitative estimate of drug-likeness (QED) is 0.785. The monoisotopic (exact) mass is 300 g/mol. The van der Waals surface area contributed by atoms with Crippen LogP contribution in [0.5, 0.6) is 5.75 Å². The van der Waals surface area contributed by atoms with E-state index in [0.29, 0.717) is 5.75 Å². The molecular formula is C13H20N2O4S. The van der Waals surface area contributed by atoms with E-state index in [-0.39, 0.29) is 17.8 Å². The number of rotatable bonds is 5. The molecule has 1 rings (SSSR count). The van der Waals surface area contributed by atoms with Gasteiger partial charge in [0.1, 0.15) is 5.75 Å². The zero-order valence-electron chi connectivity index (χ0n) is 12.1. The van der Waals surface area contributed by atoms with E-state index < -0.39 is 20.5 Å². The number of nitrogen functional groups attached to an aromatic ring is 1. The summed E-state index contributed by atoms with van der Waals surface area (Å²) in [6.07, 6.45) is 1.14. The third kappa shape index (κ3) is 3.63. The first-order valence-electron chi connectivity index (χ1n) is 6.00. The summed E-state index contributed by atoms with van der Waals surface area (Å²) in [4.78, 5) is 12.0. The number of nitrogens with two attached hydrogens (primary N) is 1. The van der Waals surface area contributed by atoms with Crippen LogP contribution in [0.3, 0.4) is 0 Å². The van der Waals surface area contributed by atoms with Crippen LogP contribution in [0, 0.1) is 0 Å². The lowest BCUT2D eigenvalue weighted by Gasteiger charge is -2.22. The van der Waals surface area contributed by atoms with Crippen molar-refractivity contribution in [2.75, 3.05) is 25.6 Å². The van der Waals surface area contributed by atoms with Gasteiger partial charge in [0.25, 0.3) is 5.91 Å². The summed E-state index contributed by atoms with van der Waals surface area (Å²) in [5.41, 5.74) is 6.33. The van der Waals surface area contributed by atoms with Crippen molar-refractivity contribution in [2.45, 2.75) is 18.6 Å². The van der Waals surface area contributed by atoms with Crippen molar-refractivity contribution in [2.24, 2.45) is 0 Å². The van der Waals surface area contributed by atoms with Gasteiger partial charge < -0.3 is 15.8 Å². The molecule has 1 amide bonds. The standard InChI is InChI=1S/C13H20N2O4S/c1-13(2,20(4,17)18)8-15-12(16)10-6-5-9(19-3)7-11(10)14/h5-7H,8,14H2,1-4H3,(H,15,16). The van der Waals surface area contributed by atoms with Crippen LogP contribution in [0.15, 0.2) is 18.2 Å². The van der Waals surface area contributed by atoms with Gasteiger partial charge in [0.2, 0.25) is 0 Å². The highest BCUT2D eigenvalue weighted by molar-refractivity contribution is 7.92. The predicted molar refractivity (Wildman–Crippen MR) is 78.7 cm³/mol. The molecule has 0 fully saturated rings. The van der Waals surface area contributed by atoms with Gasteiger partial charge in [-0.2, -0.15) is 0 Å². The van der Waals surface area contributed by atoms with Crippen LogP contribution in [-0.4, -0.2) is 39.0 Å². The van der Waals surface area contributed by atoms with Crippen LogP contribution in [-0.2, 0) is 9.84 Å². The summed E-state index contributed by atoms with van der Waals surface area (Å²) in [6, 6.07) is 4.69. The van der Waals surface area contributed by atoms with E-state index in [1.54, 1.807) is 19.9 Å². The maximum Gasteiger partial charge on any atom is 0.253 e. The zero-order chi connectivity index (χ0) is 15.6. The number of amides is 1. The Labute approximate surface area is 119 Å². The molecule has 0 aliphatic heterocycles. The summed E-state index contributed by atoms with van der Waals surface area (Å²) in [6.45, 7) is 3.12. The minimum absolute atomic E-state index is 0.0101. The first-order valence-corrected chi connectivity index (χ1v) is 7.89. The van der Waals surface area contributed by atoms with Crippen molar-refractivity contribution in [3.8, 4) is 5.75 Å². The highest BCUT2D eigenvalue weighted by Gasteiger charge is 2.30. The van der Waals surface area contributed by atoms with Gasteiger partial charge in [0.15, 0.2) is 9.84 Å². The van der Waals surface area contributed by atoms with E-state index in [0.717, 1.165) is 6.26 Å². The molecule has 0 unspecified atom stereocenters. The van der Waals surface area contributed by atoms with Gasteiger partial charge in [-0.3, -0.25) is 4.79 Å². The van der Waals surface area contributed by atoms with Crippen LogP contribution in [0.2, 0.25) is 0 Å². The maximum absolute atomic E-state index is 12.0. The lowest BCUT2D eigenvalue weighted by molar-refractivity contribution is 0.0951. The van der Waals surface area contributed by atoms with Crippen LogP contribution >= 0.6 is 0 Å². The van der Waals surface area contributed by atoms with Gasteiger partial charge in [0, 0.05) is 24.6 Å². The van der Waals surface area contributed by atoms with Crippen LogP contribution < -0.4 is 15.8 Å². The molecule has 3 N–H and O–H groups in total. The molecule has 20 heavy (non-hydrogen) atoms. The zero-order valence-corrected chi connectivity index (χ0v) is 12.9. The van der Waals surface area contributed by atoms with Crippen molar-refractivity contribution in [1.29, 1.82) is 0 Å². The second kappa shape index (κ2) is 5.70. The molecule has 0 heterocycles. The molecular weight excluding hydrogens is 280 g/mol. The highest BCUT2D eigenvalue weighted by atomic mass is 32.2. The van der Waals surface area contributed by atoms with Crippen molar-refractivity contribution in [1.82, 2.24) is 5.32 Å². The van der Waals surface area contributed by atoms with Gasteiger partial charge >= 0.3 is 0 Å². The minimum atomic E-state index is -3.27. The Morgan fingerprint density at radius 2 is 2.00 bits per heavy atom. The fourth-order valence-corrected chi connectivity index (χ4v) is 1.73. The molecule has 1 aromatic carbocycles.